The Kier molecular flexibility index (Phi) is 3.41. The van der Waals surface area contributed by atoms with Crippen LogP contribution in [0.15, 0.2) is 24.3 Å². The topological polar surface area (TPSA) is 9.23 Å². The van der Waals surface area contributed by atoms with Crippen LogP contribution in [0.25, 0.3) is 0 Å². The van der Waals surface area contributed by atoms with Crippen LogP contribution >= 0.6 is 15.9 Å². The van der Waals surface area contributed by atoms with Crippen molar-refractivity contribution in [3.8, 4) is 5.75 Å². The molecule has 2 aliphatic rings. The van der Waals surface area contributed by atoms with Crippen LogP contribution in [0.1, 0.15) is 43.6 Å². The zero-order valence-corrected chi connectivity index (χ0v) is 11.7. The predicted molar refractivity (Wildman–Crippen MR) is 74.0 cm³/mol. The molecule has 0 amide bonds. The first-order valence-corrected chi connectivity index (χ1v) is 7.62. The van der Waals surface area contributed by atoms with Crippen molar-refractivity contribution in [1.29, 1.82) is 0 Å². The summed E-state index contributed by atoms with van der Waals surface area (Å²) in [6.07, 6.45) is 6.67. The van der Waals surface area contributed by atoms with Gasteiger partial charge in [0.05, 0.1) is 6.61 Å². The third-order valence-electron chi connectivity index (χ3n) is 4.24. The van der Waals surface area contributed by atoms with Crippen LogP contribution in [0.2, 0.25) is 0 Å². The largest absolute Gasteiger partial charge is 0.493 e. The van der Waals surface area contributed by atoms with Crippen LogP contribution in [-0.4, -0.2) is 11.4 Å². The number of hydrogen-bond acceptors (Lipinski definition) is 1. The molecule has 0 N–H and O–H groups in total. The lowest BCUT2D eigenvalue weighted by Crippen LogP contribution is -2.18. The summed E-state index contributed by atoms with van der Waals surface area (Å²) < 4.78 is 5.73. The summed E-state index contributed by atoms with van der Waals surface area (Å²) in [4.78, 5) is 0.748. The van der Waals surface area contributed by atoms with Gasteiger partial charge in [-0.05, 0) is 49.1 Å². The Balaban J connectivity index is 1.76. The molecule has 17 heavy (non-hydrogen) atoms. The average molecular weight is 295 g/mol. The number of fused-ring (bicyclic) bond motifs is 1. The Morgan fingerprint density at radius 2 is 2.06 bits per heavy atom. The number of rotatable bonds is 2. The highest BCUT2D eigenvalue weighted by molar-refractivity contribution is 9.09. The second kappa shape index (κ2) is 5.01. The molecule has 1 heterocycles. The summed E-state index contributed by atoms with van der Waals surface area (Å²) in [6, 6.07) is 8.57. The van der Waals surface area contributed by atoms with E-state index in [9.17, 15) is 0 Å². The fraction of sp³-hybridized carbons (Fsp3) is 0.600. The van der Waals surface area contributed by atoms with Gasteiger partial charge in [0, 0.05) is 4.83 Å². The van der Waals surface area contributed by atoms with Gasteiger partial charge in [-0.3, -0.25) is 0 Å². The molecule has 1 aliphatic heterocycles. The molecule has 3 rings (SSSR count). The lowest BCUT2D eigenvalue weighted by Gasteiger charge is -2.28. The molecule has 2 heteroatoms. The van der Waals surface area contributed by atoms with Crippen molar-refractivity contribution in [3.63, 3.8) is 0 Å². The first-order chi connectivity index (χ1) is 8.34. The van der Waals surface area contributed by atoms with Crippen molar-refractivity contribution in [3.05, 3.63) is 29.8 Å². The van der Waals surface area contributed by atoms with Crippen molar-refractivity contribution in [2.45, 2.75) is 42.8 Å². The highest BCUT2D eigenvalue weighted by Crippen LogP contribution is 2.42. The molecule has 1 aromatic rings. The first kappa shape index (κ1) is 11.6. The van der Waals surface area contributed by atoms with E-state index in [1.165, 1.54) is 37.7 Å². The summed E-state index contributed by atoms with van der Waals surface area (Å²) in [5.74, 6) is 2.70. The number of benzene rings is 1. The first-order valence-electron chi connectivity index (χ1n) is 6.70. The van der Waals surface area contributed by atoms with Crippen molar-refractivity contribution < 1.29 is 4.74 Å². The van der Waals surface area contributed by atoms with Gasteiger partial charge in [-0.2, -0.15) is 0 Å². The third-order valence-corrected chi connectivity index (χ3v) is 5.44. The number of alkyl halides is 1. The van der Waals surface area contributed by atoms with Crippen molar-refractivity contribution >= 4 is 15.9 Å². The minimum absolute atomic E-state index is 0.711. The van der Waals surface area contributed by atoms with Crippen molar-refractivity contribution in [2.75, 3.05) is 6.61 Å². The number of hydrogen-bond donors (Lipinski definition) is 0. The standard InChI is InChI=1S/C15H19BrO/c16-14-6-3-4-12(14)10-11-8-9-17-15-7-2-1-5-13(11)15/h1-2,5,7,11-12,14H,3-4,6,8-10H2. The van der Waals surface area contributed by atoms with Gasteiger partial charge in [0.25, 0.3) is 0 Å². The second-order valence-corrected chi connectivity index (χ2v) is 6.49. The fourth-order valence-electron chi connectivity index (χ4n) is 3.28. The predicted octanol–water partition coefficient (Wildman–Crippen LogP) is 4.51. The van der Waals surface area contributed by atoms with Crippen molar-refractivity contribution in [1.82, 2.24) is 0 Å². The zero-order chi connectivity index (χ0) is 11.7. The summed E-state index contributed by atoms with van der Waals surface area (Å²) in [5.41, 5.74) is 1.44. The Morgan fingerprint density at radius 3 is 2.88 bits per heavy atom. The van der Waals surface area contributed by atoms with Crippen LogP contribution in [0.5, 0.6) is 5.75 Å². The molecule has 1 fully saturated rings. The van der Waals surface area contributed by atoms with Crippen LogP contribution in [0.4, 0.5) is 0 Å². The van der Waals surface area contributed by atoms with Gasteiger partial charge in [-0.15, -0.1) is 0 Å². The molecule has 1 aromatic carbocycles. The summed E-state index contributed by atoms with van der Waals surface area (Å²) >= 11 is 3.84. The van der Waals surface area contributed by atoms with E-state index in [0.717, 1.165) is 23.1 Å². The second-order valence-electron chi connectivity index (χ2n) is 5.31. The lowest BCUT2D eigenvalue weighted by atomic mass is 9.84. The highest BCUT2D eigenvalue weighted by atomic mass is 79.9. The van der Waals surface area contributed by atoms with Crippen LogP contribution < -0.4 is 4.74 Å². The number of halogens is 1. The third kappa shape index (κ3) is 2.37. The molecular weight excluding hydrogens is 276 g/mol. The van der Waals surface area contributed by atoms with Gasteiger partial charge >= 0.3 is 0 Å². The van der Waals surface area contributed by atoms with Gasteiger partial charge in [-0.1, -0.05) is 40.5 Å². The van der Waals surface area contributed by atoms with E-state index in [1.54, 1.807) is 0 Å². The van der Waals surface area contributed by atoms with Gasteiger partial charge in [-0.25, -0.2) is 0 Å². The molecule has 0 bridgehead atoms. The van der Waals surface area contributed by atoms with Gasteiger partial charge in [0.2, 0.25) is 0 Å². The quantitative estimate of drug-likeness (QED) is 0.730. The maximum absolute atomic E-state index is 5.73. The van der Waals surface area contributed by atoms with E-state index in [4.69, 9.17) is 4.74 Å². The lowest BCUT2D eigenvalue weighted by molar-refractivity contribution is 0.253. The van der Waals surface area contributed by atoms with E-state index >= 15 is 0 Å². The Bertz CT molecular complexity index is 390. The summed E-state index contributed by atoms with van der Waals surface area (Å²) in [5, 5.41) is 0. The maximum Gasteiger partial charge on any atom is 0.122 e. The molecular formula is C15H19BrO. The Labute approximate surface area is 112 Å². The Hall–Kier alpha value is -0.500. The minimum Gasteiger partial charge on any atom is -0.493 e. The van der Waals surface area contributed by atoms with E-state index in [0.29, 0.717) is 5.92 Å². The minimum atomic E-state index is 0.711. The molecule has 1 saturated carbocycles. The number of ether oxygens (including phenoxy) is 1. The Morgan fingerprint density at radius 1 is 1.18 bits per heavy atom. The summed E-state index contributed by atoms with van der Waals surface area (Å²) in [6.45, 7) is 0.890. The molecule has 3 unspecified atom stereocenters. The normalized spacial score (nSPS) is 31.9. The number of para-hydroxylation sites is 1. The van der Waals surface area contributed by atoms with E-state index in [2.05, 4.69) is 40.2 Å². The monoisotopic (exact) mass is 294 g/mol. The van der Waals surface area contributed by atoms with Gasteiger partial charge in [0.1, 0.15) is 5.75 Å². The van der Waals surface area contributed by atoms with Crippen LogP contribution in [0, 0.1) is 5.92 Å². The highest BCUT2D eigenvalue weighted by Gasteiger charge is 2.30. The molecule has 0 saturated heterocycles. The van der Waals surface area contributed by atoms with Crippen LogP contribution in [0.3, 0.4) is 0 Å². The molecule has 0 radical (unpaired) electrons. The van der Waals surface area contributed by atoms with Crippen molar-refractivity contribution in [2.24, 2.45) is 5.92 Å². The SMILES string of the molecule is BrC1CCCC1CC1CCOc2ccccc21. The molecule has 92 valence electrons. The smallest absolute Gasteiger partial charge is 0.122 e. The summed E-state index contributed by atoms with van der Waals surface area (Å²) in [7, 11) is 0. The molecule has 1 aliphatic carbocycles. The average Bonchev–Trinajstić information content (AvgIpc) is 2.76. The van der Waals surface area contributed by atoms with Crippen LogP contribution in [-0.2, 0) is 0 Å². The molecule has 0 aromatic heterocycles. The fourth-order valence-corrected chi connectivity index (χ4v) is 4.09. The zero-order valence-electron chi connectivity index (χ0n) is 10.1. The molecule has 1 nitrogen and oxygen atoms in total. The van der Waals surface area contributed by atoms with Gasteiger partial charge in [0.15, 0.2) is 0 Å². The van der Waals surface area contributed by atoms with E-state index < -0.39 is 0 Å². The molecule has 0 spiro atoms. The molecule has 3 atom stereocenters. The van der Waals surface area contributed by atoms with E-state index in [1.807, 2.05) is 0 Å². The van der Waals surface area contributed by atoms with E-state index in [-0.39, 0.29) is 0 Å². The van der Waals surface area contributed by atoms with Gasteiger partial charge < -0.3 is 4.74 Å². The maximum atomic E-state index is 5.73.